The Morgan fingerprint density at radius 1 is 1.33 bits per heavy atom. The maximum atomic E-state index is 12.7. The van der Waals surface area contributed by atoms with Crippen LogP contribution in [-0.4, -0.2) is 43.7 Å². The van der Waals surface area contributed by atoms with Crippen LogP contribution in [0, 0.1) is 12.8 Å². The van der Waals surface area contributed by atoms with Crippen LogP contribution in [0.5, 0.6) is 0 Å². The summed E-state index contributed by atoms with van der Waals surface area (Å²) in [6, 6.07) is 1.44. The molecule has 134 valence electrons. The van der Waals surface area contributed by atoms with Gasteiger partial charge in [-0.25, -0.2) is 13.2 Å². The highest BCUT2D eigenvalue weighted by molar-refractivity contribution is 7.91. The molecule has 0 bridgehead atoms. The van der Waals surface area contributed by atoms with Gasteiger partial charge < -0.3 is 4.74 Å². The number of nitrogens with zero attached hydrogens (tertiary/aromatic N) is 1. The zero-order valence-corrected chi connectivity index (χ0v) is 16.2. The molecule has 2 rings (SSSR count). The first-order valence-electron chi connectivity index (χ1n) is 7.76. The molecule has 0 radical (unpaired) electrons. The van der Waals surface area contributed by atoms with Gasteiger partial charge in [0.15, 0.2) is 0 Å². The first kappa shape index (κ1) is 19.1. The van der Waals surface area contributed by atoms with Crippen molar-refractivity contribution in [3.05, 3.63) is 16.5 Å². The van der Waals surface area contributed by atoms with Gasteiger partial charge >= 0.3 is 5.97 Å². The Morgan fingerprint density at radius 2 is 1.92 bits per heavy atom. The summed E-state index contributed by atoms with van der Waals surface area (Å²) in [7, 11) is -2.11. The lowest BCUT2D eigenvalue weighted by atomic mass is 10.2. The number of carbonyl (C=O) groups excluding carboxylic acids is 2. The lowest BCUT2D eigenvalue weighted by molar-refractivity contribution is -0.148. The van der Waals surface area contributed by atoms with E-state index in [0.29, 0.717) is 18.0 Å². The zero-order chi connectivity index (χ0) is 18.3. The normalized spacial score (nSPS) is 15.6. The topological polar surface area (TPSA) is 80.8 Å². The number of ether oxygens (including phenoxy) is 1. The van der Waals surface area contributed by atoms with Gasteiger partial charge in [-0.2, -0.15) is 4.31 Å². The summed E-state index contributed by atoms with van der Waals surface area (Å²) in [5.41, 5.74) is -0.312. The van der Waals surface area contributed by atoms with E-state index in [-0.39, 0.29) is 9.09 Å². The minimum Gasteiger partial charge on any atom is -0.454 e. The molecule has 0 spiro atoms. The van der Waals surface area contributed by atoms with E-state index in [2.05, 4.69) is 0 Å². The van der Waals surface area contributed by atoms with Gasteiger partial charge in [0, 0.05) is 13.6 Å². The molecule has 1 aromatic rings. The highest BCUT2D eigenvalue weighted by atomic mass is 32.2. The molecule has 1 heterocycles. The van der Waals surface area contributed by atoms with Crippen molar-refractivity contribution < 1.29 is 22.7 Å². The molecule has 1 saturated carbocycles. The van der Waals surface area contributed by atoms with E-state index in [4.69, 9.17) is 4.74 Å². The Bertz CT molecular complexity index is 754. The van der Waals surface area contributed by atoms with Crippen LogP contribution in [-0.2, 0) is 19.6 Å². The second-order valence-electron chi connectivity index (χ2n) is 7.14. The van der Waals surface area contributed by atoms with Crippen LogP contribution in [0.2, 0.25) is 0 Å². The number of esters is 1. The van der Waals surface area contributed by atoms with Crippen LogP contribution in [0.25, 0.3) is 0 Å². The van der Waals surface area contributed by atoms with Gasteiger partial charge in [0.2, 0.25) is 0 Å². The number of hydrogen-bond acceptors (Lipinski definition) is 6. The number of ketones is 1. The molecule has 0 aliphatic heterocycles. The molecule has 0 unspecified atom stereocenters. The predicted octanol–water partition coefficient (Wildman–Crippen LogP) is 2.61. The van der Waals surface area contributed by atoms with E-state index in [0.717, 1.165) is 24.2 Å². The van der Waals surface area contributed by atoms with E-state index in [1.54, 1.807) is 34.7 Å². The Balaban J connectivity index is 2.23. The largest absolute Gasteiger partial charge is 0.454 e. The maximum Gasteiger partial charge on any atom is 0.381 e. The molecule has 0 aromatic carbocycles. The van der Waals surface area contributed by atoms with Crippen molar-refractivity contribution in [2.75, 3.05) is 13.6 Å². The number of sulfonamides is 1. The zero-order valence-electron chi connectivity index (χ0n) is 14.6. The maximum absolute atomic E-state index is 12.7. The SMILES string of the molecule is Cc1cc(C(=O)C(=O)OC(C)(C)C)sc1S(=O)(=O)N(C)CC1CC1. The van der Waals surface area contributed by atoms with E-state index in [9.17, 15) is 18.0 Å². The van der Waals surface area contributed by atoms with Crippen LogP contribution in [0.3, 0.4) is 0 Å². The molecule has 6 nitrogen and oxygen atoms in total. The van der Waals surface area contributed by atoms with Gasteiger partial charge in [0.1, 0.15) is 9.81 Å². The van der Waals surface area contributed by atoms with E-state index >= 15 is 0 Å². The fourth-order valence-corrected chi connectivity index (χ4v) is 5.22. The smallest absolute Gasteiger partial charge is 0.381 e. The molecule has 1 aliphatic carbocycles. The molecule has 0 N–H and O–H groups in total. The first-order valence-corrected chi connectivity index (χ1v) is 10.0. The molecular weight excluding hydrogens is 350 g/mol. The minimum atomic E-state index is -3.65. The lowest BCUT2D eigenvalue weighted by Crippen LogP contribution is -2.29. The lowest BCUT2D eigenvalue weighted by Gasteiger charge is -2.18. The number of thiophene rings is 1. The fourth-order valence-electron chi connectivity index (χ4n) is 2.16. The summed E-state index contributed by atoms with van der Waals surface area (Å²) in [4.78, 5) is 24.2. The van der Waals surface area contributed by atoms with Crippen LogP contribution >= 0.6 is 11.3 Å². The minimum absolute atomic E-state index is 0.0835. The molecule has 1 aromatic heterocycles. The highest BCUT2D eigenvalue weighted by Crippen LogP contribution is 2.34. The number of carbonyl (C=O) groups is 2. The summed E-state index contributed by atoms with van der Waals surface area (Å²) in [6.07, 6.45) is 2.09. The second-order valence-corrected chi connectivity index (χ2v) is 10.4. The summed E-state index contributed by atoms with van der Waals surface area (Å²) in [5, 5.41) is 0. The Hall–Kier alpha value is -1.25. The molecular formula is C16H23NO5S2. The Morgan fingerprint density at radius 3 is 2.42 bits per heavy atom. The van der Waals surface area contributed by atoms with Crippen LogP contribution in [0.15, 0.2) is 10.3 Å². The van der Waals surface area contributed by atoms with E-state index in [1.165, 1.54) is 10.4 Å². The molecule has 1 fully saturated rings. The van der Waals surface area contributed by atoms with E-state index < -0.39 is 27.4 Å². The molecule has 0 atom stereocenters. The summed E-state index contributed by atoms with van der Waals surface area (Å²) >= 11 is 0.825. The van der Waals surface area contributed by atoms with Gasteiger partial charge in [-0.05, 0) is 58.1 Å². The highest BCUT2D eigenvalue weighted by Gasteiger charge is 2.33. The average molecular weight is 373 g/mol. The second kappa shape index (κ2) is 6.57. The van der Waals surface area contributed by atoms with Crippen molar-refractivity contribution >= 4 is 33.1 Å². The van der Waals surface area contributed by atoms with E-state index in [1.807, 2.05) is 0 Å². The third-order valence-electron chi connectivity index (χ3n) is 3.54. The van der Waals surface area contributed by atoms with Gasteiger partial charge in [-0.15, -0.1) is 11.3 Å². The number of hydrogen-bond donors (Lipinski definition) is 0. The molecule has 24 heavy (non-hydrogen) atoms. The summed E-state index contributed by atoms with van der Waals surface area (Å²) in [6.45, 7) is 7.11. The monoisotopic (exact) mass is 373 g/mol. The number of aryl methyl sites for hydroxylation is 1. The van der Waals surface area contributed by atoms with Crippen LogP contribution in [0.1, 0.15) is 48.8 Å². The molecule has 8 heteroatoms. The van der Waals surface area contributed by atoms with Gasteiger partial charge in [0.05, 0.1) is 4.88 Å². The third kappa shape index (κ3) is 4.43. The van der Waals surface area contributed by atoms with Crippen LogP contribution < -0.4 is 0 Å². The molecule has 1 aliphatic rings. The molecule has 0 saturated heterocycles. The van der Waals surface area contributed by atoms with Crippen molar-refractivity contribution in [3.8, 4) is 0 Å². The Kier molecular flexibility index (Phi) is 5.22. The van der Waals surface area contributed by atoms with Crippen LogP contribution in [0.4, 0.5) is 0 Å². The molecule has 0 amide bonds. The first-order chi connectivity index (χ1) is 10.9. The number of Topliss-reactive ketones (excluding diaryl/α,β-unsaturated/α-hetero) is 1. The third-order valence-corrected chi connectivity index (χ3v) is 7.21. The average Bonchev–Trinajstić information content (AvgIpc) is 3.15. The Labute approximate surface area is 146 Å². The van der Waals surface area contributed by atoms with Gasteiger partial charge in [-0.3, -0.25) is 4.79 Å². The fraction of sp³-hybridized carbons (Fsp3) is 0.625. The van der Waals surface area contributed by atoms with Crippen molar-refractivity contribution in [1.29, 1.82) is 0 Å². The van der Waals surface area contributed by atoms with Crippen molar-refractivity contribution in [3.63, 3.8) is 0 Å². The quantitative estimate of drug-likeness (QED) is 0.435. The van der Waals surface area contributed by atoms with Gasteiger partial charge in [0.25, 0.3) is 15.8 Å². The van der Waals surface area contributed by atoms with Crippen molar-refractivity contribution in [2.45, 2.75) is 50.3 Å². The standard InChI is InChI=1S/C16H23NO5S2/c1-10-8-12(13(18)14(19)22-16(2,3)4)23-15(10)24(20,21)17(5)9-11-6-7-11/h8,11H,6-7,9H2,1-5H3. The van der Waals surface area contributed by atoms with Gasteiger partial charge in [-0.1, -0.05) is 0 Å². The predicted molar refractivity (Wildman–Crippen MR) is 91.8 cm³/mol. The van der Waals surface area contributed by atoms with Crippen molar-refractivity contribution in [2.24, 2.45) is 5.92 Å². The summed E-state index contributed by atoms with van der Waals surface area (Å²) < 4.78 is 31.8. The summed E-state index contributed by atoms with van der Waals surface area (Å²) in [5.74, 6) is -1.36. The van der Waals surface area contributed by atoms with Crippen molar-refractivity contribution in [1.82, 2.24) is 4.31 Å². The number of rotatable bonds is 6.